The van der Waals surface area contributed by atoms with Gasteiger partial charge in [0, 0.05) is 5.02 Å². The van der Waals surface area contributed by atoms with E-state index in [1.165, 1.54) is 0 Å². The van der Waals surface area contributed by atoms with E-state index in [1.807, 2.05) is 13.0 Å². The Kier molecular flexibility index (Phi) is 4.59. The van der Waals surface area contributed by atoms with Crippen LogP contribution in [0.15, 0.2) is 24.4 Å². The van der Waals surface area contributed by atoms with E-state index in [4.69, 9.17) is 34.8 Å². The van der Waals surface area contributed by atoms with Gasteiger partial charge in [-0.2, -0.15) is 0 Å². The minimum atomic E-state index is 0.517. The zero-order valence-corrected chi connectivity index (χ0v) is 9.92. The normalized spacial score (nSPS) is 10.9. The number of hydrogen-bond acceptors (Lipinski definition) is 1. The van der Waals surface area contributed by atoms with Crippen molar-refractivity contribution in [2.24, 2.45) is 0 Å². The van der Waals surface area contributed by atoms with E-state index in [0.29, 0.717) is 20.8 Å². The predicted molar refractivity (Wildman–Crippen MR) is 64.5 cm³/mol. The fourth-order valence-electron chi connectivity index (χ4n) is 0.940. The molecule has 1 N–H and O–H groups in total. The summed E-state index contributed by atoms with van der Waals surface area (Å²) < 4.78 is 0. The van der Waals surface area contributed by atoms with Crippen LogP contribution in [0.2, 0.25) is 15.1 Å². The van der Waals surface area contributed by atoms with E-state index in [1.54, 1.807) is 18.3 Å². The van der Waals surface area contributed by atoms with Crippen LogP contribution in [-0.4, -0.2) is 0 Å². The molecule has 1 aromatic rings. The Morgan fingerprint density at radius 3 is 2.29 bits per heavy atom. The van der Waals surface area contributed by atoms with Gasteiger partial charge in [0.1, 0.15) is 0 Å². The molecule has 0 aliphatic rings. The van der Waals surface area contributed by atoms with Crippen LogP contribution in [0.25, 0.3) is 0 Å². The molecule has 0 fully saturated rings. The van der Waals surface area contributed by atoms with Gasteiger partial charge in [-0.05, 0) is 24.8 Å². The summed E-state index contributed by atoms with van der Waals surface area (Å²) in [4.78, 5) is 0. The number of hydrogen-bond donors (Lipinski definition) is 1. The fraction of sp³-hybridized carbons (Fsp3) is 0.200. The molecule has 0 bridgehead atoms. The van der Waals surface area contributed by atoms with Gasteiger partial charge in [0.15, 0.2) is 0 Å². The predicted octanol–water partition coefficient (Wildman–Crippen LogP) is 4.98. The van der Waals surface area contributed by atoms with Gasteiger partial charge in [0.2, 0.25) is 0 Å². The Morgan fingerprint density at radius 2 is 1.79 bits per heavy atom. The van der Waals surface area contributed by atoms with E-state index in [-0.39, 0.29) is 0 Å². The smallest absolute Gasteiger partial charge is 0.0759 e. The monoisotopic (exact) mass is 249 g/mol. The average Bonchev–Trinajstić information content (AvgIpc) is 2.09. The Labute approximate surface area is 98.7 Å². The zero-order valence-electron chi connectivity index (χ0n) is 7.65. The van der Waals surface area contributed by atoms with Crippen molar-refractivity contribution in [1.29, 1.82) is 0 Å². The Balaban J connectivity index is 2.91. The van der Waals surface area contributed by atoms with E-state index < -0.39 is 0 Å². The second-order valence-corrected chi connectivity index (χ2v) is 3.95. The quantitative estimate of drug-likeness (QED) is 0.797. The van der Waals surface area contributed by atoms with Crippen molar-refractivity contribution in [2.45, 2.75) is 13.3 Å². The largest absolute Gasteiger partial charge is 0.360 e. The summed E-state index contributed by atoms with van der Waals surface area (Å²) in [6.45, 7) is 2.04. The third kappa shape index (κ3) is 3.09. The molecule has 0 heterocycles. The van der Waals surface area contributed by atoms with Crippen LogP contribution in [0, 0.1) is 0 Å². The van der Waals surface area contributed by atoms with E-state index >= 15 is 0 Å². The molecule has 0 aliphatic heterocycles. The maximum absolute atomic E-state index is 5.95. The van der Waals surface area contributed by atoms with Crippen molar-refractivity contribution in [3.05, 3.63) is 39.5 Å². The standard InChI is InChI=1S/C10H10Cl3N/c1-2-3-4-14-10-8(12)5-7(11)6-9(10)13/h3-6,14H,2H2,1H3. The SMILES string of the molecule is CCC=CNc1c(Cl)cc(Cl)cc1Cl. The number of anilines is 1. The molecule has 0 amide bonds. The minimum absolute atomic E-state index is 0.517. The third-order valence-electron chi connectivity index (χ3n) is 1.59. The zero-order chi connectivity index (χ0) is 10.6. The van der Waals surface area contributed by atoms with Gasteiger partial charge in [-0.25, -0.2) is 0 Å². The molecule has 1 nitrogen and oxygen atoms in total. The fourth-order valence-corrected chi connectivity index (χ4v) is 1.87. The first-order chi connectivity index (χ1) is 6.65. The summed E-state index contributed by atoms with van der Waals surface area (Å²) in [7, 11) is 0. The van der Waals surface area contributed by atoms with E-state index in [0.717, 1.165) is 6.42 Å². The average molecular weight is 251 g/mol. The van der Waals surface area contributed by atoms with Crippen molar-refractivity contribution in [3.8, 4) is 0 Å². The van der Waals surface area contributed by atoms with Gasteiger partial charge in [0.25, 0.3) is 0 Å². The van der Waals surface area contributed by atoms with Crippen LogP contribution in [0.3, 0.4) is 0 Å². The maximum Gasteiger partial charge on any atom is 0.0759 e. The molecule has 0 unspecified atom stereocenters. The first-order valence-electron chi connectivity index (χ1n) is 4.21. The Morgan fingerprint density at radius 1 is 1.21 bits per heavy atom. The van der Waals surface area contributed by atoms with Crippen LogP contribution in [0.1, 0.15) is 13.3 Å². The summed E-state index contributed by atoms with van der Waals surface area (Å²) in [5.41, 5.74) is 0.683. The molecule has 14 heavy (non-hydrogen) atoms. The summed E-state index contributed by atoms with van der Waals surface area (Å²) >= 11 is 17.7. The van der Waals surface area contributed by atoms with Gasteiger partial charge in [-0.3, -0.25) is 0 Å². The molecule has 0 aromatic heterocycles. The third-order valence-corrected chi connectivity index (χ3v) is 2.40. The van der Waals surface area contributed by atoms with Gasteiger partial charge >= 0.3 is 0 Å². The first kappa shape index (κ1) is 11.7. The molecule has 0 saturated carbocycles. The molecule has 4 heteroatoms. The second kappa shape index (κ2) is 5.50. The highest BCUT2D eigenvalue weighted by atomic mass is 35.5. The molecule has 0 aliphatic carbocycles. The van der Waals surface area contributed by atoms with Crippen molar-refractivity contribution < 1.29 is 0 Å². The molecule has 0 spiro atoms. The summed E-state index contributed by atoms with van der Waals surface area (Å²) in [5, 5.41) is 4.57. The van der Waals surface area contributed by atoms with Crippen molar-refractivity contribution in [3.63, 3.8) is 0 Å². The molecular formula is C10H10Cl3N. The van der Waals surface area contributed by atoms with Crippen LogP contribution in [-0.2, 0) is 0 Å². The molecule has 0 saturated heterocycles. The van der Waals surface area contributed by atoms with Gasteiger partial charge in [0.05, 0.1) is 15.7 Å². The molecular weight excluding hydrogens is 240 g/mol. The minimum Gasteiger partial charge on any atom is -0.360 e. The lowest BCUT2D eigenvalue weighted by molar-refractivity contribution is 1.22. The number of nitrogens with one attached hydrogen (secondary N) is 1. The highest BCUT2D eigenvalue weighted by Gasteiger charge is 2.05. The lowest BCUT2D eigenvalue weighted by Gasteiger charge is -2.06. The molecule has 76 valence electrons. The summed E-state index contributed by atoms with van der Waals surface area (Å²) in [6, 6.07) is 3.30. The van der Waals surface area contributed by atoms with E-state index in [9.17, 15) is 0 Å². The van der Waals surface area contributed by atoms with Crippen LogP contribution in [0.4, 0.5) is 5.69 Å². The number of rotatable bonds is 3. The molecule has 0 atom stereocenters. The Bertz CT molecular complexity index is 324. The van der Waals surface area contributed by atoms with Crippen molar-refractivity contribution in [2.75, 3.05) is 5.32 Å². The topological polar surface area (TPSA) is 12.0 Å². The van der Waals surface area contributed by atoms with Gasteiger partial charge in [-0.15, -0.1) is 0 Å². The number of allylic oxidation sites excluding steroid dienone is 1. The highest BCUT2D eigenvalue weighted by Crippen LogP contribution is 2.33. The highest BCUT2D eigenvalue weighted by molar-refractivity contribution is 6.41. The molecule has 1 rings (SSSR count). The number of halogens is 3. The van der Waals surface area contributed by atoms with Crippen LogP contribution >= 0.6 is 34.8 Å². The lowest BCUT2D eigenvalue weighted by Crippen LogP contribution is -1.89. The summed E-state index contributed by atoms with van der Waals surface area (Å²) in [5.74, 6) is 0. The number of benzene rings is 1. The maximum atomic E-state index is 5.95. The second-order valence-electron chi connectivity index (χ2n) is 2.70. The molecule has 1 aromatic carbocycles. The summed E-state index contributed by atoms with van der Waals surface area (Å²) in [6.07, 6.45) is 4.73. The lowest BCUT2D eigenvalue weighted by atomic mass is 10.3. The van der Waals surface area contributed by atoms with Gasteiger partial charge in [-0.1, -0.05) is 47.8 Å². The van der Waals surface area contributed by atoms with Crippen LogP contribution in [0.5, 0.6) is 0 Å². The van der Waals surface area contributed by atoms with Crippen molar-refractivity contribution in [1.82, 2.24) is 0 Å². The van der Waals surface area contributed by atoms with Gasteiger partial charge < -0.3 is 5.32 Å². The first-order valence-corrected chi connectivity index (χ1v) is 5.34. The van der Waals surface area contributed by atoms with E-state index in [2.05, 4.69) is 5.32 Å². The van der Waals surface area contributed by atoms with Crippen molar-refractivity contribution >= 4 is 40.5 Å². The molecule has 0 radical (unpaired) electrons. The Hall–Kier alpha value is -0.370. The van der Waals surface area contributed by atoms with Crippen LogP contribution < -0.4 is 5.32 Å².